The van der Waals surface area contributed by atoms with Crippen LogP contribution in [0.2, 0.25) is 0 Å². The highest BCUT2D eigenvalue weighted by Gasteiger charge is 2.32. The molecule has 0 radical (unpaired) electrons. The number of carbonyl (C=O) groups excluding carboxylic acids is 1. The van der Waals surface area contributed by atoms with E-state index in [0.717, 1.165) is 12.1 Å². The van der Waals surface area contributed by atoms with Crippen LogP contribution in [0.4, 0.5) is 13.2 Å². The highest BCUT2D eigenvalue weighted by atomic mass is 32.2. The first-order valence-electron chi connectivity index (χ1n) is 6.62. The number of ketones is 1. The molecule has 1 unspecified atom stereocenters. The van der Waals surface area contributed by atoms with E-state index >= 15 is 0 Å². The third-order valence-corrected chi connectivity index (χ3v) is 3.91. The molecule has 0 saturated heterocycles. The van der Waals surface area contributed by atoms with Crippen LogP contribution in [-0.2, 0) is 29.6 Å². The van der Waals surface area contributed by atoms with Crippen LogP contribution in [0, 0.1) is 6.92 Å². The third kappa shape index (κ3) is 3.71. The Bertz CT molecular complexity index is 802. The molecule has 130 valence electrons. The molecular weight excluding hydrogens is 349 g/mol. The molecule has 6 nitrogen and oxygen atoms in total. The van der Waals surface area contributed by atoms with Crippen molar-refractivity contribution in [3.8, 4) is 0 Å². The number of hydrogen-bond donors (Lipinski definition) is 3. The van der Waals surface area contributed by atoms with Gasteiger partial charge in [-0.1, -0.05) is 6.07 Å². The molecule has 2 aromatic rings. The van der Waals surface area contributed by atoms with Crippen molar-refractivity contribution in [1.82, 2.24) is 10.2 Å². The Kier molecular flexibility index (Phi) is 5.21. The molecule has 2 rings (SSSR count). The van der Waals surface area contributed by atoms with Crippen molar-refractivity contribution in [3.63, 3.8) is 0 Å². The molecule has 1 heterocycles. The molecule has 1 atom stereocenters. The lowest BCUT2D eigenvalue weighted by molar-refractivity contribution is -0.137. The van der Waals surface area contributed by atoms with Crippen LogP contribution in [0.5, 0.6) is 0 Å². The number of rotatable bonds is 5. The minimum Gasteiger partial charge on any atom is -0.390 e. The van der Waals surface area contributed by atoms with Gasteiger partial charge in [-0.15, -0.1) is 0 Å². The molecule has 1 aromatic carbocycles. The number of nitrogens with one attached hydrogen (secondary N) is 1. The summed E-state index contributed by atoms with van der Waals surface area (Å²) in [6.07, 6.45) is -4.64. The quantitative estimate of drug-likeness (QED) is 0.559. The molecule has 0 aliphatic carbocycles. The average Bonchev–Trinajstić information content (AvgIpc) is 2.86. The summed E-state index contributed by atoms with van der Waals surface area (Å²) in [5, 5.41) is 15.5. The van der Waals surface area contributed by atoms with Gasteiger partial charge in [0.15, 0.2) is 16.9 Å². The van der Waals surface area contributed by atoms with Gasteiger partial charge in [-0.05, 0) is 24.6 Å². The first-order chi connectivity index (χ1) is 11.1. The van der Waals surface area contributed by atoms with Crippen LogP contribution in [0.3, 0.4) is 0 Å². The molecule has 10 heteroatoms. The molecule has 1 aromatic heterocycles. The van der Waals surface area contributed by atoms with E-state index in [9.17, 15) is 27.3 Å². The lowest BCUT2D eigenvalue weighted by atomic mass is 9.96. The van der Waals surface area contributed by atoms with E-state index in [0.29, 0.717) is 11.8 Å². The first-order valence-corrected chi connectivity index (χ1v) is 7.89. The normalized spacial score (nSPS) is 13.1. The summed E-state index contributed by atoms with van der Waals surface area (Å²) >= 11 is -2.43. The van der Waals surface area contributed by atoms with Crippen LogP contribution < -0.4 is 0 Å². The monoisotopic (exact) mass is 362 g/mol. The van der Waals surface area contributed by atoms with Crippen LogP contribution in [0.15, 0.2) is 18.2 Å². The number of nitrogens with zero attached hydrogens (tertiary/aromatic N) is 1. The van der Waals surface area contributed by atoms with Gasteiger partial charge in [0.1, 0.15) is 0 Å². The van der Waals surface area contributed by atoms with Crippen molar-refractivity contribution in [2.45, 2.75) is 25.5 Å². The van der Waals surface area contributed by atoms with Gasteiger partial charge in [0.25, 0.3) is 0 Å². The molecular formula is C14H13F3N2O4S. The van der Waals surface area contributed by atoms with Gasteiger partial charge in [0.05, 0.1) is 29.2 Å². The van der Waals surface area contributed by atoms with E-state index in [1.165, 1.54) is 6.92 Å². The number of aromatic nitrogens is 2. The second-order valence-corrected chi connectivity index (χ2v) is 5.92. The van der Waals surface area contributed by atoms with Gasteiger partial charge < -0.3 is 9.66 Å². The van der Waals surface area contributed by atoms with Gasteiger partial charge in [0, 0.05) is 11.3 Å². The fraction of sp³-hybridized carbons (Fsp3) is 0.286. The third-order valence-electron chi connectivity index (χ3n) is 3.36. The Morgan fingerprint density at radius 3 is 2.58 bits per heavy atom. The largest absolute Gasteiger partial charge is 0.416 e. The smallest absolute Gasteiger partial charge is 0.390 e. The molecule has 0 aliphatic heterocycles. The highest BCUT2D eigenvalue weighted by molar-refractivity contribution is 7.78. The maximum atomic E-state index is 12.8. The zero-order valence-electron chi connectivity index (χ0n) is 12.3. The van der Waals surface area contributed by atoms with Crippen LogP contribution in [-0.4, -0.2) is 29.8 Å². The van der Waals surface area contributed by atoms with Crippen molar-refractivity contribution in [3.05, 3.63) is 51.8 Å². The Labute approximate surface area is 137 Å². The molecule has 0 fully saturated rings. The number of H-pyrrole nitrogens is 1. The van der Waals surface area contributed by atoms with Crippen molar-refractivity contribution >= 4 is 16.9 Å². The van der Waals surface area contributed by atoms with Gasteiger partial charge in [-0.3, -0.25) is 9.89 Å². The maximum Gasteiger partial charge on any atom is 0.416 e. The van der Waals surface area contributed by atoms with Crippen molar-refractivity contribution in [2.24, 2.45) is 0 Å². The number of carbonyl (C=O) groups is 1. The van der Waals surface area contributed by atoms with E-state index in [1.54, 1.807) is 0 Å². The summed E-state index contributed by atoms with van der Waals surface area (Å²) in [5.41, 5.74) is -0.966. The Morgan fingerprint density at radius 2 is 2.04 bits per heavy atom. The van der Waals surface area contributed by atoms with Crippen LogP contribution in [0.25, 0.3) is 0 Å². The van der Waals surface area contributed by atoms with Crippen molar-refractivity contribution in [1.29, 1.82) is 0 Å². The summed E-state index contributed by atoms with van der Waals surface area (Å²) in [7, 11) is 0. The first kappa shape index (κ1) is 18.3. The molecule has 24 heavy (non-hydrogen) atoms. The predicted molar refractivity (Wildman–Crippen MR) is 78.6 cm³/mol. The number of benzene rings is 1. The second kappa shape index (κ2) is 6.83. The second-order valence-electron chi connectivity index (χ2n) is 4.99. The Hall–Kier alpha value is -2.04. The zero-order chi connectivity index (χ0) is 18.1. The summed E-state index contributed by atoms with van der Waals surface area (Å²) in [6.45, 7) is 0.987. The van der Waals surface area contributed by atoms with Crippen LogP contribution >= 0.6 is 0 Å². The topological polar surface area (TPSA) is 103 Å². The van der Waals surface area contributed by atoms with E-state index in [-0.39, 0.29) is 22.4 Å². The molecule has 0 bridgehead atoms. The van der Waals surface area contributed by atoms with E-state index < -0.39 is 41.0 Å². The minimum atomic E-state index is -4.64. The number of aromatic amines is 1. The molecule has 3 N–H and O–H groups in total. The van der Waals surface area contributed by atoms with E-state index in [1.807, 2.05) is 0 Å². The highest BCUT2D eigenvalue weighted by Crippen LogP contribution is 2.32. The SMILES string of the molecule is Cc1[nH]nc(CO)c1C(=O)c1ccc(C(F)(F)F)cc1CS(=O)O. The Morgan fingerprint density at radius 1 is 1.38 bits per heavy atom. The lowest BCUT2D eigenvalue weighted by Crippen LogP contribution is -2.13. The lowest BCUT2D eigenvalue weighted by Gasteiger charge is -2.12. The minimum absolute atomic E-state index is 0.0298. The van der Waals surface area contributed by atoms with Gasteiger partial charge in [-0.25, -0.2) is 4.21 Å². The number of aliphatic hydroxyl groups is 1. The van der Waals surface area contributed by atoms with E-state index in [4.69, 9.17) is 4.55 Å². The molecule has 0 amide bonds. The summed E-state index contributed by atoms with van der Waals surface area (Å²) < 4.78 is 58.5. The van der Waals surface area contributed by atoms with Gasteiger partial charge in [-0.2, -0.15) is 18.3 Å². The standard InChI is InChI=1S/C14H13F3N2O4S/c1-7-12(11(5-20)19-18-7)13(21)10-3-2-9(14(15,16)17)4-8(10)6-24(22)23/h2-4,20H,5-6H2,1H3,(H,18,19)(H,22,23). The number of halogens is 3. The molecule has 0 spiro atoms. The molecule has 0 saturated carbocycles. The van der Waals surface area contributed by atoms with Crippen LogP contribution in [0.1, 0.15) is 38.4 Å². The summed E-state index contributed by atoms with van der Waals surface area (Å²) in [4.78, 5) is 12.6. The zero-order valence-corrected chi connectivity index (χ0v) is 13.2. The summed E-state index contributed by atoms with van der Waals surface area (Å²) in [5.74, 6) is -1.31. The number of hydrogen-bond acceptors (Lipinski definition) is 4. The average molecular weight is 362 g/mol. The molecule has 0 aliphatic rings. The fourth-order valence-electron chi connectivity index (χ4n) is 2.27. The predicted octanol–water partition coefficient (Wildman–Crippen LogP) is 2.18. The fourth-order valence-corrected chi connectivity index (χ4v) is 2.78. The number of aryl methyl sites for hydroxylation is 1. The number of aliphatic hydroxyl groups excluding tert-OH is 1. The maximum absolute atomic E-state index is 12.8. The van der Waals surface area contributed by atoms with Crippen molar-refractivity contribution < 1.29 is 31.8 Å². The Balaban J connectivity index is 2.58. The van der Waals surface area contributed by atoms with E-state index in [2.05, 4.69) is 10.2 Å². The summed E-state index contributed by atoms with van der Waals surface area (Å²) in [6, 6.07) is 2.36. The van der Waals surface area contributed by atoms with Gasteiger partial charge >= 0.3 is 6.18 Å². The van der Waals surface area contributed by atoms with Crippen molar-refractivity contribution in [2.75, 3.05) is 0 Å². The van der Waals surface area contributed by atoms with Gasteiger partial charge in [0.2, 0.25) is 0 Å². The number of alkyl halides is 3.